The third-order valence-corrected chi connectivity index (χ3v) is 2.72. The second-order valence-corrected chi connectivity index (χ2v) is 3.69. The Morgan fingerprint density at radius 3 is 2.88 bits per heavy atom. The van der Waals surface area contributed by atoms with Crippen LogP contribution in [0.15, 0.2) is 18.3 Å². The molecule has 1 aliphatic heterocycles. The van der Waals surface area contributed by atoms with Crippen LogP contribution in [0, 0.1) is 0 Å². The molecule has 88 valence electrons. The fourth-order valence-electron chi connectivity index (χ4n) is 1.95. The highest BCUT2D eigenvalue weighted by atomic mass is 35.5. The topological polar surface area (TPSA) is 53.6 Å². The van der Waals surface area contributed by atoms with Crippen LogP contribution in [-0.4, -0.2) is 28.0 Å². The molecular formula is C10H14Cl2N4. The van der Waals surface area contributed by atoms with E-state index >= 15 is 0 Å². The van der Waals surface area contributed by atoms with Gasteiger partial charge in [0, 0.05) is 18.7 Å². The van der Waals surface area contributed by atoms with Gasteiger partial charge in [0.15, 0.2) is 5.65 Å². The van der Waals surface area contributed by atoms with Gasteiger partial charge in [-0.05, 0) is 25.1 Å². The number of nitrogens with one attached hydrogen (secondary N) is 2. The first-order valence-corrected chi connectivity index (χ1v) is 4.95. The number of rotatable bonds is 1. The molecule has 6 heteroatoms. The minimum Gasteiger partial charge on any atom is -0.340 e. The number of aromatic nitrogens is 3. The van der Waals surface area contributed by atoms with Crippen LogP contribution in [0.5, 0.6) is 0 Å². The summed E-state index contributed by atoms with van der Waals surface area (Å²) in [5, 5.41) is 3.33. The van der Waals surface area contributed by atoms with Crippen LogP contribution < -0.4 is 5.32 Å². The molecule has 0 bridgehead atoms. The van der Waals surface area contributed by atoms with Gasteiger partial charge in [-0.2, -0.15) is 0 Å². The largest absolute Gasteiger partial charge is 0.340 e. The molecule has 1 aliphatic rings. The summed E-state index contributed by atoms with van der Waals surface area (Å²) >= 11 is 0. The number of fused-ring (bicyclic) bond motifs is 1. The van der Waals surface area contributed by atoms with Gasteiger partial charge in [-0.25, -0.2) is 9.97 Å². The van der Waals surface area contributed by atoms with E-state index in [1.54, 1.807) is 6.20 Å². The zero-order valence-electron chi connectivity index (χ0n) is 8.64. The van der Waals surface area contributed by atoms with Crippen molar-refractivity contribution in [2.45, 2.75) is 12.3 Å². The lowest BCUT2D eigenvalue weighted by atomic mass is 10.1. The van der Waals surface area contributed by atoms with Crippen molar-refractivity contribution in [1.82, 2.24) is 20.3 Å². The summed E-state index contributed by atoms with van der Waals surface area (Å²) in [4.78, 5) is 12.0. The molecule has 4 nitrogen and oxygen atoms in total. The van der Waals surface area contributed by atoms with Gasteiger partial charge >= 0.3 is 0 Å². The highest BCUT2D eigenvalue weighted by Crippen LogP contribution is 2.21. The van der Waals surface area contributed by atoms with Gasteiger partial charge in [-0.1, -0.05) is 0 Å². The first kappa shape index (κ1) is 13.2. The van der Waals surface area contributed by atoms with Crippen molar-refractivity contribution in [2.75, 3.05) is 13.1 Å². The zero-order chi connectivity index (χ0) is 9.38. The molecule has 1 fully saturated rings. The molecule has 1 atom stereocenters. The van der Waals surface area contributed by atoms with Crippen molar-refractivity contribution in [3.8, 4) is 0 Å². The average molecular weight is 261 g/mol. The first-order valence-electron chi connectivity index (χ1n) is 4.95. The standard InChI is InChI=1S/C10H12N4.2ClH/c1-2-8-10(12-4-1)14-9(13-8)7-3-5-11-6-7;;/h1-2,4,7,11H,3,5-6H2,(H,12,13,14);2*1H. The highest BCUT2D eigenvalue weighted by molar-refractivity contribution is 5.85. The number of imidazole rings is 1. The number of aromatic amines is 1. The monoisotopic (exact) mass is 260 g/mol. The number of nitrogens with zero attached hydrogens (tertiary/aromatic N) is 2. The predicted molar refractivity (Wildman–Crippen MR) is 68.6 cm³/mol. The fraction of sp³-hybridized carbons (Fsp3) is 0.400. The molecule has 3 rings (SSSR count). The van der Waals surface area contributed by atoms with Crippen molar-refractivity contribution < 1.29 is 0 Å². The van der Waals surface area contributed by atoms with Gasteiger partial charge in [-0.3, -0.25) is 0 Å². The summed E-state index contributed by atoms with van der Waals surface area (Å²) in [6, 6.07) is 3.94. The van der Waals surface area contributed by atoms with Crippen LogP contribution in [-0.2, 0) is 0 Å². The molecule has 1 saturated heterocycles. The molecule has 0 aliphatic carbocycles. The lowest BCUT2D eigenvalue weighted by Crippen LogP contribution is -2.08. The van der Waals surface area contributed by atoms with E-state index < -0.39 is 0 Å². The Morgan fingerprint density at radius 1 is 1.31 bits per heavy atom. The summed E-state index contributed by atoms with van der Waals surface area (Å²) in [6.07, 6.45) is 2.94. The Hall–Kier alpha value is -0.840. The molecule has 0 spiro atoms. The third-order valence-electron chi connectivity index (χ3n) is 2.72. The van der Waals surface area contributed by atoms with Crippen LogP contribution in [0.1, 0.15) is 18.2 Å². The van der Waals surface area contributed by atoms with Gasteiger partial charge < -0.3 is 10.3 Å². The van der Waals surface area contributed by atoms with Crippen molar-refractivity contribution in [3.63, 3.8) is 0 Å². The molecule has 3 heterocycles. The van der Waals surface area contributed by atoms with Gasteiger partial charge in [-0.15, -0.1) is 24.8 Å². The summed E-state index contributed by atoms with van der Waals surface area (Å²) in [6.45, 7) is 2.12. The second-order valence-electron chi connectivity index (χ2n) is 3.69. The number of pyridine rings is 1. The molecule has 0 saturated carbocycles. The average Bonchev–Trinajstić information content (AvgIpc) is 2.86. The van der Waals surface area contributed by atoms with Crippen LogP contribution in [0.4, 0.5) is 0 Å². The Labute approximate surface area is 106 Å². The number of hydrogen-bond acceptors (Lipinski definition) is 3. The number of halogens is 2. The number of H-pyrrole nitrogens is 1. The number of hydrogen-bond donors (Lipinski definition) is 2. The van der Waals surface area contributed by atoms with Crippen LogP contribution >= 0.6 is 24.8 Å². The van der Waals surface area contributed by atoms with Crippen molar-refractivity contribution in [3.05, 3.63) is 24.2 Å². The van der Waals surface area contributed by atoms with Crippen molar-refractivity contribution >= 4 is 36.0 Å². The third kappa shape index (κ3) is 2.29. The van der Waals surface area contributed by atoms with E-state index in [-0.39, 0.29) is 24.8 Å². The zero-order valence-corrected chi connectivity index (χ0v) is 10.3. The smallest absolute Gasteiger partial charge is 0.177 e. The molecule has 0 amide bonds. The van der Waals surface area contributed by atoms with E-state index in [0.29, 0.717) is 5.92 Å². The van der Waals surface area contributed by atoms with Crippen LogP contribution in [0.2, 0.25) is 0 Å². The van der Waals surface area contributed by atoms with Crippen LogP contribution in [0.25, 0.3) is 11.2 Å². The quantitative estimate of drug-likeness (QED) is 0.824. The van der Waals surface area contributed by atoms with Gasteiger partial charge in [0.1, 0.15) is 5.82 Å². The molecule has 1 unspecified atom stereocenters. The molecule has 0 aromatic carbocycles. The summed E-state index contributed by atoms with van der Waals surface area (Å²) in [5.74, 6) is 1.60. The van der Waals surface area contributed by atoms with E-state index in [9.17, 15) is 0 Å². The molecule has 16 heavy (non-hydrogen) atoms. The lowest BCUT2D eigenvalue weighted by molar-refractivity contribution is 0.717. The molecule has 2 aromatic rings. The lowest BCUT2D eigenvalue weighted by Gasteiger charge is -2.01. The van der Waals surface area contributed by atoms with E-state index in [0.717, 1.165) is 30.1 Å². The minimum absolute atomic E-state index is 0. The van der Waals surface area contributed by atoms with Gasteiger partial charge in [0.25, 0.3) is 0 Å². The second kappa shape index (κ2) is 5.48. The van der Waals surface area contributed by atoms with Gasteiger partial charge in [0.05, 0.1) is 5.52 Å². The Kier molecular flexibility index (Phi) is 4.53. The SMILES string of the molecule is Cl.Cl.c1cnc2nc(C3CCNC3)[nH]c2c1. The van der Waals surface area contributed by atoms with E-state index in [2.05, 4.69) is 20.3 Å². The highest BCUT2D eigenvalue weighted by Gasteiger charge is 2.19. The maximum atomic E-state index is 4.49. The maximum absolute atomic E-state index is 4.49. The van der Waals surface area contributed by atoms with E-state index in [4.69, 9.17) is 0 Å². The van der Waals surface area contributed by atoms with Crippen molar-refractivity contribution in [2.24, 2.45) is 0 Å². The normalized spacial score (nSPS) is 19.1. The van der Waals surface area contributed by atoms with Crippen molar-refractivity contribution in [1.29, 1.82) is 0 Å². The Morgan fingerprint density at radius 2 is 2.19 bits per heavy atom. The summed E-state index contributed by atoms with van der Waals surface area (Å²) in [7, 11) is 0. The molecule has 0 radical (unpaired) electrons. The van der Waals surface area contributed by atoms with Crippen LogP contribution in [0.3, 0.4) is 0 Å². The maximum Gasteiger partial charge on any atom is 0.177 e. The minimum atomic E-state index is 0. The molecule has 2 N–H and O–H groups in total. The van der Waals surface area contributed by atoms with E-state index in [1.165, 1.54) is 6.42 Å². The first-order chi connectivity index (χ1) is 6.93. The fourth-order valence-corrected chi connectivity index (χ4v) is 1.95. The molecule has 2 aromatic heterocycles. The summed E-state index contributed by atoms with van der Waals surface area (Å²) < 4.78 is 0. The van der Waals surface area contributed by atoms with E-state index in [1.807, 2.05) is 12.1 Å². The molecular weight excluding hydrogens is 247 g/mol. The Balaban J connectivity index is 0.000000640. The summed E-state index contributed by atoms with van der Waals surface area (Å²) in [5.41, 5.74) is 1.86. The van der Waals surface area contributed by atoms with Gasteiger partial charge in [0.2, 0.25) is 0 Å². The Bertz CT molecular complexity index is 418. The predicted octanol–water partition coefficient (Wildman–Crippen LogP) is 1.88.